The van der Waals surface area contributed by atoms with Gasteiger partial charge in [0.25, 0.3) is 0 Å². The Labute approximate surface area is 169 Å². The van der Waals surface area contributed by atoms with E-state index in [9.17, 15) is 22.8 Å². The molecule has 1 saturated heterocycles. The fraction of sp³-hybridized carbons (Fsp3) is 0.600. The summed E-state index contributed by atoms with van der Waals surface area (Å²) in [6.45, 7) is 8.43. The van der Waals surface area contributed by atoms with Crippen molar-refractivity contribution in [1.29, 1.82) is 0 Å². The van der Waals surface area contributed by atoms with Gasteiger partial charge in [0, 0.05) is 45.7 Å². The van der Waals surface area contributed by atoms with E-state index < -0.39 is 23.4 Å². The highest BCUT2D eigenvalue weighted by Gasteiger charge is 2.30. The molecule has 2 rings (SSSR count). The quantitative estimate of drug-likeness (QED) is 0.802. The van der Waals surface area contributed by atoms with E-state index in [1.807, 2.05) is 0 Å². The van der Waals surface area contributed by atoms with Gasteiger partial charge in [0.15, 0.2) is 0 Å². The van der Waals surface area contributed by atoms with Crippen molar-refractivity contribution in [2.45, 2.75) is 45.5 Å². The Morgan fingerprint density at radius 2 is 1.62 bits per heavy atom. The Morgan fingerprint density at radius 1 is 1.03 bits per heavy atom. The van der Waals surface area contributed by atoms with E-state index in [0.717, 1.165) is 17.7 Å². The van der Waals surface area contributed by atoms with Crippen LogP contribution in [0.1, 0.15) is 38.3 Å². The molecule has 6 nitrogen and oxygen atoms in total. The molecule has 0 radical (unpaired) electrons. The van der Waals surface area contributed by atoms with Gasteiger partial charge in [-0.2, -0.15) is 13.2 Å². The summed E-state index contributed by atoms with van der Waals surface area (Å²) in [5.74, 6) is -0.0461. The monoisotopic (exact) mass is 415 g/mol. The minimum Gasteiger partial charge on any atom is -0.444 e. The number of rotatable bonds is 5. The lowest BCUT2D eigenvalue weighted by Gasteiger charge is -2.35. The van der Waals surface area contributed by atoms with Gasteiger partial charge in [0.2, 0.25) is 5.91 Å². The number of halogens is 3. The fourth-order valence-corrected chi connectivity index (χ4v) is 2.96. The summed E-state index contributed by atoms with van der Waals surface area (Å²) >= 11 is 0. The summed E-state index contributed by atoms with van der Waals surface area (Å²) in [6.07, 6.45) is -4.69. The molecule has 2 amide bonds. The summed E-state index contributed by atoms with van der Waals surface area (Å²) in [7, 11) is 0. The molecular formula is C20H28F3N3O3. The fourth-order valence-electron chi connectivity index (χ4n) is 2.96. The van der Waals surface area contributed by atoms with E-state index in [1.165, 1.54) is 12.1 Å². The lowest BCUT2D eigenvalue weighted by atomic mass is 10.1. The van der Waals surface area contributed by atoms with Crippen LogP contribution in [-0.4, -0.2) is 60.1 Å². The van der Waals surface area contributed by atoms with Gasteiger partial charge in [-0.05, 0) is 38.5 Å². The summed E-state index contributed by atoms with van der Waals surface area (Å²) in [5, 5.41) is 2.57. The van der Waals surface area contributed by atoms with Crippen LogP contribution >= 0.6 is 0 Å². The summed E-state index contributed by atoms with van der Waals surface area (Å²) < 4.78 is 43.0. The number of alkyl halides is 3. The molecule has 0 atom stereocenters. The van der Waals surface area contributed by atoms with Crippen LogP contribution < -0.4 is 5.32 Å². The number of hydrogen-bond donors (Lipinski definition) is 1. The third-order valence-electron chi connectivity index (χ3n) is 4.42. The predicted molar refractivity (Wildman–Crippen MR) is 102 cm³/mol. The Bertz CT molecular complexity index is 692. The molecule has 29 heavy (non-hydrogen) atoms. The van der Waals surface area contributed by atoms with Crippen LogP contribution in [0.25, 0.3) is 0 Å². The largest absolute Gasteiger partial charge is 0.444 e. The first-order valence-electron chi connectivity index (χ1n) is 9.57. The average molecular weight is 415 g/mol. The zero-order valence-electron chi connectivity index (χ0n) is 17.0. The number of alkyl carbamates (subject to hydrolysis) is 1. The van der Waals surface area contributed by atoms with Crippen LogP contribution in [0.2, 0.25) is 0 Å². The van der Waals surface area contributed by atoms with Gasteiger partial charge in [0.1, 0.15) is 5.60 Å². The van der Waals surface area contributed by atoms with Crippen LogP contribution in [0.5, 0.6) is 0 Å². The lowest BCUT2D eigenvalue weighted by molar-refractivity contribution is -0.137. The van der Waals surface area contributed by atoms with Gasteiger partial charge in [0.05, 0.1) is 5.56 Å². The highest BCUT2D eigenvalue weighted by molar-refractivity contribution is 5.77. The standard InChI is InChI=1S/C20H28F3N3O3/c1-19(2,3)29-18(28)24-9-8-17(27)26-12-10-25(11-13-26)14-15-4-6-16(7-5-15)20(21,22)23/h4-7H,8-14H2,1-3H3,(H,24,28). The molecule has 0 aliphatic carbocycles. The normalized spacial score (nSPS) is 15.9. The van der Waals surface area contributed by atoms with Crippen molar-refractivity contribution in [3.63, 3.8) is 0 Å². The number of piperazine rings is 1. The van der Waals surface area contributed by atoms with Crippen LogP contribution in [0, 0.1) is 0 Å². The number of hydrogen-bond acceptors (Lipinski definition) is 4. The van der Waals surface area contributed by atoms with Crippen LogP contribution in [0.4, 0.5) is 18.0 Å². The first kappa shape index (κ1) is 23.0. The number of benzene rings is 1. The van der Waals surface area contributed by atoms with Crippen LogP contribution in [0.15, 0.2) is 24.3 Å². The summed E-state index contributed by atoms with van der Waals surface area (Å²) in [6, 6.07) is 5.16. The summed E-state index contributed by atoms with van der Waals surface area (Å²) in [4.78, 5) is 27.7. The molecule has 0 unspecified atom stereocenters. The van der Waals surface area contributed by atoms with E-state index in [1.54, 1.807) is 25.7 Å². The van der Waals surface area contributed by atoms with E-state index >= 15 is 0 Å². The molecule has 0 saturated carbocycles. The van der Waals surface area contributed by atoms with Crippen molar-refractivity contribution in [2.75, 3.05) is 32.7 Å². The molecular weight excluding hydrogens is 387 g/mol. The maximum absolute atomic E-state index is 12.6. The molecule has 1 aromatic rings. The van der Waals surface area contributed by atoms with Crippen molar-refractivity contribution in [2.24, 2.45) is 0 Å². The van der Waals surface area contributed by atoms with Crippen molar-refractivity contribution in [1.82, 2.24) is 15.1 Å². The third kappa shape index (κ3) is 7.92. The topological polar surface area (TPSA) is 61.9 Å². The number of amides is 2. The van der Waals surface area contributed by atoms with E-state index in [0.29, 0.717) is 32.7 Å². The van der Waals surface area contributed by atoms with Gasteiger partial charge >= 0.3 is 12.3 Å². The Kier molecular flexibility index (Phi) is 7.51. The van der Waals surface area contributed by atoms with Gasteiger partial charge < -0.3 is 15.0 Å². The number of ether oxygens (including phenoxy) is 1. The van der Waals surface area contributed by atoms with E-state index in [2.05, 4.69) is 10.2 Å². The minimum absolute atomic E-state index is 0.0461. The molecule has 1 aliphatic rings. The second kappa shape index (κ2) is 9.47. The van der Waals surface area contributed by atoms with Crippen molar-refractivity contribution in [3.05, 3.63) is 35.4 Å². The van der Waals surface area contributed by atoms with Gasteiger partial charge in [-0.3, -0.25) is 9.69 Å². The predicted octanol–water partition coefficient (Wildman–Crippen LogP) is 3.26. The lowest BCUT2D eigenvalue weighted by Crippen LogP contribution is -2.48. The SMILES string of the molecule is CC(C)(C)OC(=O)NCCC(=O)N1CCN(Cc2ccc(C(F)(F)F)cc2)CC1. The molecule has 9 heteroatoms. The van der Waals surface area contributed by atoms with Crippen LogP contribution in [0.3, 0.4) is 0 Å². The molecule has 1 aliphatic heterocycles. The van der Waals surface area contributed by atoms with E-state index in [4.69, 9.17) is 4.74 Å². The number of carbonyl (C=O) groups excluding carboxylic acids is 2. The Morgan fingerprint density at radius 3 is 2.14 bits per heavy atom. The Balaban J connectivity index is 1.70. The average Bonchev–Trinajstić information content (AvgIpc) is 2.60. The van der Waals surface area contributed by atoms with Crippen molar-refractivity contribution >= 4 is 12.0 Å². The molecule has 1 N–H and O–H groups in total. The number of nitrogens with zero attached hydrogens (tertiary/aromatic N) is 2. The van der Waals surface area contributed by atoms with E-state index in [-0.39, 0.29) is 18.9 Å². The zero-order valence-corrected chi connectivity index (χ0v) is 17.0. The van der Waals surface area contributed by atoms with Crippen LogP contribution in [-0.2, 0) is 22.3 Å². The number of nitrogens with one attached hydrogen (secondary N) is 1. The van der Waals surface area contributed by atoms with Gasteiger partial charge in [-0.1, -0.05) is 12.1 Å². The zero-order chi connectivity index (χ0) is 21.7. The maximum Gasteiger partial charge on any atom is 0.416 e. The smallest absolute Gasteiger partial charge is 0.416 e. The molecule has 0 aromatic heterocycles. The first-order chi connectivity index (χ1) is 13.4. The van der Waals surface area contributed by atoms with Crippen molar-refractivity contribution in [3.8, 4) is 0 Å². The van der Waals surface area contributed by atoms with Crippen molar-refractivity contribution < 1.29 is 27.5 Å². The third-order valence-corrected chi connectivity index (χ3v) is 4.42. The van der Waals surface area contributed by atoms with Gasteiger partial charge in [-0.25, -0.2) is 4.79 Å². The second-order valence-electron chi connectivity index (χ2n) is 8.03. The highest BCUT2D eigenvalue weighted by Crippen LogP contribution is 2.29. The minimum atomic E-state index is -4.33. The molecule has 0 spiro atoms. The second-order valence-corrected chi connectivity index (χ2v) is 8.03. The first-order valence-corrected chi connectivity index (χ1v) is 9.57. The molecule has 1 fully saturated rings. The number of carbonyl (C=O) groups is 2. The van der Waals surface area contributed by atoms with Gasteiger partial charge in [-0.15, -0.1) is 0 Å². The molecule has 1 aromatic carbocycles. The maximum atomic E-state index is 12.6. The molecule has 1 heterocycles. The summed E-state index contributed by atoms with van der Waals surface area (Å²) in [5.41, 5.74) is -0.437. The highest BCUT2D eigenvalue weighted by atomic mass is 19.4. The molecule has 162 valence electrons. The Hall–Kier alpha value is -2.29. The molecule has 0 bridgehead atoms.